The van der Waals surface area contributed by atoms with Crippen LogP contribution in [0.2, 0.25) is 0 Å². The average Bonchev–Trinajstić information content (AvgIpc) is 2.51. The molecule has 0 bridgehead atoms. The number of phenols is 1. The summed E-state index contributed by atoms with van der Waals surface area (Å²) in [7, 11) is 0. The van der Waals surface area contributed by atoms with Crippen LogP contribution in [0.4, 0.5) is 10.1 Å². The number of nitro benzene ring substituents is 1. The number of phenolic OH excluding ortho intramolecular Hbond substituents is 1. The van der Waals surface area contributed by atoms with Crippen molar-refractivity contribution in [3.8, 4) is 5.75 Å². The predicted molar refractivity (Wildman–Crippen MR) is 81.0 cm³/mol. The summed E-state index contributed by atoms with van der Waals surface area (Å²) >= 11 is 0. The Balaban J connectivity index is 2.19. The van der Waals surface area contributed by atoms with Gasteiger partial charge >= 0.3 is 0 Å². The zero-order valence-corrected chi connectivity index (χ0v) is 12.0. The smallest absolute Gasteiger partial charge is 0.274 e. The SMILES string of the molecule is Cc1cc([N+](=O)[O-])cc(/C=N\NC(=O)c2ccccc2F)c1O. The van der Waals surface area contributed by atoms with Gasteiger partial charge in [-0.3, -0.25) is 14.9 Å². The first-order valence-corrected chi connectivity index (χ1v) is 6.46. The van der Waals surface area contributed by atoms with Crippen LogP contribution < -0.4 is 5.43 Å². The van der Waals surface area contributed by atoms with Crippen LogP contribution in [0, 0.1) is 22.9 Å². The van der Waals surface area contributed by atoms with Crippen molar-refractivity contribution in [3.63, 3.8) is 0 Å². The molecule has 7 nitrogen and oxygen atoms in total. The Kier molecular flexibility index (Phi) is 4.65. The number of hydrogen-bond acceptors (Lipinski definition) is 5. The first-order valence-electron chi connectivity index (χ1n) is 6.46. The standard InChI is InChI=1S/C15H12FN3O4/c1-9-6-11(19(22)23)7-10(14(9)20)8-17-18-15(21)12-4-2-3-5-13(12)16/h2-8,20H,1H3,(H,18,21)/b17-8-. The Morgan fingerprint density at radius 1 is 1.39 bits per heavy atom. The number of nitro groups is 1. The van der Waals surface area contributed by atoms with Gasteiger partial charge in [0.1, 0.15) is 11.6 Å². The van der Waals surface area contributed by atoms with Gasteiger partial charge < -0.3 is 5.11 Å². The van der Waals surface area contributed by atoms with Crippen molar-refractivity contribution < 1.29 is 19.2 Å². The summed E-state index contributed by atoms with van der Waals surface area (Å²) in [6, 6.07) is 7.69. The van der Waals surface area contributed by atoms with E-state index in [1.54, 1.807) is 0 Å². The van der Waals surface area contributed by atoms with E-state index in [4.69, 9.17) is 0 Å². The third kappa shape index (κ3) is 3.67. The third-order valence-electron chi connectivity index (χ3n) is 3.01. The second kappa shape index (κ2) is 6.65. The molecule has 0 saturated heterocycles. The molecule has 23 heavy (non-hydrogen) atoms. The summed E-state index contributed by atoms with van der Waals surface area (Å²) < 4.78 is 13.4. The van der Waals surface area contributed by atoms with E-state index in [0.29, 0.717) is 5.56 Å². The van der Waals surface area contributed by atoms with E-state index < -0.39 is 16.6 Å². The molecule has 2 aromatic rings. The molecule has 0 unspecified atom stereocenters. The van der Waals surface area contributed by atoms with Gasteiger partial charge in [0, 0.05) is 17.7 Å². The fourth-order valence-electron chi connectivity index (χ4n) is 1.86. The molecule has 2 aromatic carbocycles. The fraction of sp³-hybridized carbons (Fsp3) is 0.0667. The molecule has 1 amide bonds. The Morgan fingerprint density at radius 3 is 2.74 bits per heavy atom. The number of rotatable bonds is 4. The minimum absolute atomic E-state index is 0.0607. The van der Waals surface area contributed by atoms with Gasteiger partial charge in [-0.15, -0.1) is 0 Å². The number of aryl methyl sites for hydroxylation is 1. The first kappa shape index (κ1) is 16.1. The summed E-state index contributed by atoms with van der Waals surface area (Å²) in [4.78, 5) is 21.9. The molecule has 8 heteroatoms. The molecule has 2 rings (SSSR count). The van der Waals surface area contributed by atoms with Gasteiger partial charge in [0.05, 0.1) is 16.7 Å². The number of hydrogen-bond donors (Lipinski definition) is 2. The summed E-state index contributed by atoms with van der Waals surface area (Å²) in [6.07, 6.45) is 1.05. The maximum Gasteiger partial charge on any atom is 0.274 e. The minimum atomic E-state index is -0.777. The van der Waals surface area contributed by atoms with Crippen LogP contribution in [-0.2, 0) is 0 Å². The van der Waals surface area contributed by atoms with Crippen LogP contribution in [-0.4, -0.2) is 22.2 Å². The number of benzene rings is 2. The van der Waals surface area contributed by atoms with Gasteiger partial charge in [-0.25, -0.2) is 9.82 Å². The molecule has 0 spiro atoms. The molecule has 0 aliphatic carbocycles. The molecule has 118 valence electrons. The van der Waals surface area contributed by atoms with Crippen LogP contribution in [0.1, 0.15) is 21.5 Å². The Hall–Kier alpha value is -3.29. The molecule has 0 radical (unpaired) electrons. The molecule has 0 heterocycles. The second-order valence-corrected chi connectivity index (χ2v) is 4.64. The fourth-order valence-corrected chi connectivity index (χ4v) is 1.86. The number of nitrogens with zero attached hydrogens (tertiary/aromatic N) is 2. The highest BCUT2D eigenvalue weighted by molar-refractivity contribution is 5.95. The maximum atomic E-state index is 13.4. The van der Waals surface area contributed by atoms with E-state index >= 15 is 0 Å². The highest BCUT2D eigenvalue weighted by Crippen LogP contribution is 2.26. The lowest BCUT2D eigenvalue weighted by Gasteiger charge is -2.04. The van der Waals surface area contributed by atoms with E-state index in [-0.39, 0.29) is 22.6 Å². The number of hydrazone groups is 1. The highest BCUT2D eigenvalue weighted by Gasteiger charge is 2.13. The van der Waals surface area contributed by atoms with E-state index in [9.17, 15) is 24.4 Å². The van der Waals surface area contributed by atoms with Crippen molar-refractivity contribution in [3.05, 3.63) is 69.0 Å². The molecular weight excluding hydrogens is 305 g/mol. The summed E-state index contributed by atoms with van der Waals surface area (Å²) in [5.41, 5.74) is 2.04. The average molecular weight is 317 g/mol. The van der Waals surface area contributed by atoms with Crippen molar-refractivity contribution in [2.24, 2.45) is 5.10 Å². The van der Waals surface area contributed by atoms with Crippen molar-refractivity contribution in [1.29, 1.82) is 0 Å². The normalized spacial score (nSPS) is 10.7. The number of halogens is 1. The largest absolute Gasteiger partial charge is 0.507 e. The first-order chi connectivity index (χ1) is 10.9. The second-order valence-electron chi connectivity index (χ2n) is 4.64. The Morgan fingerprint density at radius 2 is 2.09 bits per heavy atom. The van der Waals surface area contributed by atoms with E-state index in [2.05, 4.69) is 10.5 Å². The molecular formula is C15H12FN3O4. The van der Waals surface area contributed by atoms with Crippen molar-refractivity contribution in [2.45, 2.75) is 6.92 Å². The van der Waals surface area contributed by atoms with Gasteiger partial charge in [0.15, 0.2) is 0 Å². The van der Waals surface area contributed by atoms with E-state index in [1.165, 1.54) is 31.2 Å². The molecule has 0 aromatic heterocycles. The maximum absolute atomic E-state index is 13.4. The van der Waals surface area contributed by atoms with Crippen LogP contribution in [0.3, 0.4) is 0 Å². The molecule has 0 fully saturated rings. The van der Waals surface area contributed by atoms with Crippen LogP contribution in [0.5, 0.6) is 5.75 Å². The van der Waals surface area contributed by atoms with Crippen molar-refractivity contribution in [2.75, 3.05) is 0 Å². The molecule has 0 atom stereocenters. The topological polar surface area (TPSA) is 105 Å². The number of nitrogens with one attached hydrogen (secondary N) is 1. The lowest BCUT2D eigenvalue weighted by molar-refractivity contribution is -0.384. The van der Waals surface area contributed by atoms with Gasteiger partial charge in [-0.05, 0) is 24.6 Å². The Labute approximate surface area is 130 Å². The van der Waals surface area contributed by atoms with Crippen molar-refractivity contribution in [1.82, 2.24) is 5.43 Å². The third-order valence-corrected chi connectivity index (χ3v) is 3.01. The molecule has 0 aliphatic heterocycles. The van der Waals surface area contributed by atoms with E-state index in [1.807, 2.05) is 0 Å². The number of carbonyl (C=O) groups excluding carboxylic acids is 1. The summed E-state index contributed by atoms with van der Waals surface area (Å²) in [6.45, 7) is 1.50. The number of non-ortho nitro benzene ring substituents is 1. The summed E-state index contributed by atoms with van der Waals surface area (Å²) in [5.74, 6) is -1.67. The quantitative estimate of drug-likeness (QED) is 0.513. The molecule has 0 saturated carbocycles. The zero-order chi connectivity index (χ0) is 17.0. The number of carbonyl (C=O) groups is 1. The summed E-state index contributed by atoms with van der Waals surface area (Å²) in [5, 5.41) is 24.2. The minimum Gasteiger partial charge on any atom is -0.507 e. The number of amides is 1. The lowest BCUT2D eigenvalue weighted by Crippen LogP contribution is -2.18. The van der Waals surface area contributed by atoms with Crippen LogP contribution >= 0.6 is 0 Å². The van der Waals surface area contributed by atoms with Crippen molar-refractivity contribution >= 4 is 17.8 Å². The zero-order valence-electron chi connectivity index (χ0n) is 12.0. The Bertz CT molecular complexity index is 805. The van der Waals surface area contributed by atoms with E-state index in [0.717, 1.165) is 18.3 Å². The number of aromatic hydroxyl groups is 1. The lowest BCUT2D eigenvalue weighted by atomic mass is 10.1. The van der Waals surface area contributed by atoms with Gasteiger partial charge in [0.2, 0.25) is 0 Å². The highest BCUT2D eigenvalue weighted by atomic mass is 19.1. The van der Waals surface area contributed by atoms with Crippen LogP contribution in [0.15, 0.2) is 41.5 Å². The van der Waals surface area contributed by atoms with Gasteiger partial charge in [-0.2, -0.15) is 5.10 Å². The predicted octanol–water partition coefficient (Wildman–Crippen LogP) is 2.51. The monoisotopic (exact) mass is 317 g/mol. The molecule has 0 aliphatic rings. The van der Waals surface area contributed by atoms with Crippen LogP contribution in [0.25, 0.3) is 0 Å². The molecule has 2 N–H and O–H groups in total. The van der Waals surface area contributed by atoms with Gasteiger partial charge in [0.25, 0.3) is 11.6 Å². The van der Waals surface area contributed by atoms with Gasteiger partial charge in [-0.1, -0.05) is 12.1 Å².